The lowest BCUT2D eigenvalue weighted by atomic mass is 10.1. The summed E-state index contributed by atoms with van der Waals surface area (Å²) in [5.41, 5.74) is 7.85. The summed E-state index contributed by atoms with van der Waals surface area (Å²) in [6, 6.07) is 7.44. The van der Waals surface area contributed by atoms with Gasteiger partial charge in [0.15, 0.2) is 5.69 Å². The molecule has 2 heterocycles. The first-order valence-electron chi connectivity index (χ1n) is 9.11. The molecule has 2 rings (SSSR count). The smallest absolute Gasteiger partial charge is 0.357 e. The fourth-order valence-corrected chi connectivity index (χ4v) is 3.08. The molecule has 152 valence electrons. The van der Waals surface area contributed by atoms with Crippen LogP contribution in [0.2, 0.25) is 0 Å². The summed E-state index contributed by atoms with van der Waals surface area (Å²) in [7, 11) is 0. The molecule has 2 aromatic heterocycles. The predicted octanol–water partition coefficient (Wildman–Crippen LogP) is 4.87. The molecule has 0 aromatic carbocycles. The maximum Gasteiger partial charge on any atom is 0.357 e. The van der Waals surface area contributed by atoms with E-state index in [9.17, 15) is 9.59 Å². The normalized spacial score (nSPS) is 10.0. The van der Waals surface area contributed by atoms with Gasteiger partial charge >= 0.3 is 5.97 Å². The first-order valence-corrected chi connectivity index (χ1v) is 10.7. The number of ether oxygens (including phenoxy) is 1. The number of rotatable bonds is 7. The topological polar surface area (TPSA) is 95.2 Å². The van der Waals surface area contributed by atoms with Crippen LogP contribution in [0.3, 0.4) is 0 Å². The van der Waals surface area contributed by atoms with Crippen molar-refractivity contribution in [3.63, 3.8) is 0 Å². The lowest BCUT2D eigenvalue weighted by Crippen LogP contribution is -2.16. The lowest BCUT2D eigenvalue weighted by Gasteiger charge is -2.07. The summed E-state index contributed by atoms with van der Waals surface area (Å²) >= 11 is 6.44. The van der Waals surface area contributed by atoms with Crippen LogP contribution in [-0.4, -0.2) is 28.5 Å². The van der Waals surface area contributed by atoms with Gasteiger partial charge < -0.3 is 10.5 Å². The average molecular weight is 515 g/mol. The van der Waals surface area contributed by atoms with Gasteiger partial charge in [0.25, 0.3) is 5.91 Å². The molecule has 0 bridgehead atoms. The fraction of sp³-hybridized carbons (Fsp3) is 0.400. The summed E-state index contributed by atoms with van der Waals surface area (Å²) in [5, 5.41) is 0. The minimum atomic E-state index is -0.468. The Bertz CT molecular complexity index is 813. The van der Waals surface area contributed by atoms with Crippen molar-refractivity contribution in [2.45, 2.75) is 46.5 Å². The number of hydrogen-bond acceptors (Lipinski definition) is 5. The highest BCUT2D eigenvalue weighted by atomic mass is 79.9. The van der Waals surface area contributed by atoms with Crippen LogP contribution >= 0.6 is 31.9 Å². The van der Waals surface area contributed by atoms with Crippen LogP contribution in [0, 0.1) is 0 Å². The SMILES string of the molecule is CCCc1ccc(Br)nc1C(=O)OCC.CCCc1ccc(Br)nc1C(N)=O. The van der Waals surface area contributed by atoms with E-state index in [1.54, 1.807) is 6.92 Å². The van der Waals surface area contributed by atoms with Crippen LogP contribution < -0.4 is 5.73 Å². The van der Waals surface area contributed by atoms with Gasteiger partial charge in [0, 0.05) is 0 Å². The molecule has 0 aliphatic rings. The first kappa shape index (κ1) is 24.2. The Morgan fingerprint density at radius 1 is 0.893 bits per heavy atom. The van der Waals surface area contributed by atoms with Gasteiger partial charge in [-0.15, -0.1) is 0 Å². The number of nitrogens with two attached hydrogens (primary N) is 1. The molecule has 0 atom stereocenters. The third kappa shape index (κ3) is 7.67. The second kappa shape index (κ2) is 12.6. The van der Waals surface area contributed by atoms with E-state index in [1.165, 1.54) is 0 Å². The van der Waals surface area contributed by atoms with E-state index in [0.29, 0.717) is 27.2 Å². The number of nitrogens with zero attached hydrogens (tertiary/aromatic N) is 2. The second-order valence-corrected chi connectivity index (χ2v) is 7.49. The first-order chi connectivity index (χ1) is 13.3. The van der Waals surface area contributed by atoms with Gasteiger partial charge in [-0.05, 0) is 74.9 Å². The number of aromatic nitrogens is 2. The molecule has 2 aromatic rings. The summed E-state index contributed by atoms with van der Waals surface area (Å²) in [4.78, 5) is 30.8. The number of halogens is 2. The summed E-state index contributed by atoms with van der Waals surface area (Å²) < 4.78 is 6.25. The molecule has 28 heavy (non-hydrogen) atoms. The van der Waals surface area contributed by atoms with Crippen LogP contribution in [0.5, 0.6) is 0 Å². The van der Waals surface area contributed by atoms with Crippen LogP contribution in [-0.2, 0) is 17.6 Å². The van der Waals surface area contributed by atoms with Crippen molar-refractivity contribution in [1.29, 1.82) is 0 Å². The standard InChI is InChI=1S/C11H14BrNO2.C9H11BrN2O/c1-3-5-8-6-7-9(12)13-10(8)11(14)15-4-2;1-2-3-6-4-5-7(10)12-8(6)9(11)13/h6-7H,3-5H2,1-2H3;4-5H,2-3H2,1H3,(H2,11,13). The Morgan fingerprint density at radius 3 is 1.79 bits per heavy atom. The van der Waals surface area contributed by atoms with E-state index in [-0.39, 0.29) is 5.97 Å². The van der Waals surface area contributed by atoms with E-state index >= 15 is 0 Å². The van der Waals surface area contributed by atoms with Crippen LogP contribution in [0.25, 0.3) is 0 Å². The molecular weight excluding hydrogens is 490 g/mol. The number of aryl methyl sites for hydroxylation is 2. The zero-order valence-electron chi connectivity index (χ0n) is 16.3. The Morgan fingerprint density at radius 2 is 1.36 bits per heavy atom. The summed E-state index contributed by atoms with van der Waals surface area (Å²) in [6.07, 6.45) is 3.63. The fourth-order valence-electron chi connectivity index (χ4n) is 2.46. The Kier molecular flexibility index (Phi) is 10.9. The Labute approximate surface area is 182 Å². The van der Waals surface area contributed by atoms with Crippen molar-refractivity contribution in [3.05, 3.63) is 56.0 Å². The third-order valence-electron chi connectivity index (χ3n) is 3.63. The molecule has 2 N–H and O–H groups in total. The molecule has 0 aliphatic carbocycles. The van der Waals surface area contributed by atoms with Gasteiger partial charge in [0.2, 0.25) is 0 Å². The summed E-state index contributed by atoms with van der Waals surface area (Å²) in [6.45, 7) is 6.28. The van der Waals surface area contributed by atoms with Crippen LogP contribution in [0.1, 0.15) is 65.7 Å². The van der Waals surface area contributed by atoms with Gasteiger partial charge in [-0.25, -0.2) is 14.8 Å². The predicted molar refractivity (Wildman–Crippen MR) is 116 cm³/mol. The highest BCUT2D eigenvalue weighted by Crippen LogP contribution is 2.15. The summed E-state index contributed by atoms with van der Waals surface area (Å²) in [5.74, 6) is -0.813. The van der Waals surface area contributed by atoms with Gasteiger partial charge in [0.1, 0.15) is 14.9 Å². The molecule has 0 unspecified atom stereocenters. The van der Waals surface area contributed by atoms with E-state index in [2.05, 4.69) is 48.8 Å². The van der Waals surface area contributed by atoms with Crippen molar-refractivity contribution in [3.8, 4) is 0 Å². The molecule has 0 saturated heterocycles. The van der Waals surface area contributed by atoms with Gasteiger partial charge in [-0.1, -0.05) is 38.8 Å². The zero-order valence-corrected chi connectivity index (χ0v) is 19.5. The zero-order chi connectivity index (χ0) is 21.1. The van der Waals surface area contributed by atoms with Crippen LogP contribution in [0.4, 0.5) is 0 Å². The Hall–Kier alpha value is -1.80. The molecule has 0 spiro atoms. The minimum Gasteiger partial charge on any atom is -0.461 e. The van der Waals surface area contributed by atoms with E-state index in [1.807, 2.05) is 31.2 Å². The molecular formula is C20H25Br2N3O3. The van der Waals surface area contributed by atoms with E-state index in [0.717, 1.165) is 36.8 Å². The van der Waals surface area contributed by atoms with Crippen molar-refractivity contribution in [2.24, 2.45) is 5.73 Å². The number of amides is 1. The minimum absolute atomic E-state index is 0.345. The molecule has 0 aliphatic heterocycles. The second-order valence-electron chi connectivity index (χ2n) is 5.87. The molecule has 0 radical (unpaired) electrons. The van der Waals surface area contributed by atoms with Crippen molar-refractivity contribution < 1.29 is 14.3 Å². The van der Waals surface area contributed by atoms with E-state index < -0.39 is 5.91 Å². The van der Waals surface area contributed by atoms with Gasteiger partial charge in [-0.2, -0.15) is 0 Å². The number of esters is 1. The molecule has 0 saturated carbocycles. The maximum absolute atomic E-state index is 11.6. The van der Waals surface area contributed by atoms with Gasteiger partial charge in [-0.3, -0.25) is 4.79 Å². The highest BCUT2D eigenvalue weighted by molar-refractivity contribution is 9.10. The number of primary amides is 1. The van der Waals surface area contributed by atoms with Crippen molar-refractivity contribution in [1.82, 2.24) is 9.97 Å². The average Bonchev–Trinajstić information content (AvgIpc) is 2.65. The van der Waals surface area contributed by atoms with Crippen molar-refractivity contribution in [2.75, 3.05) is 6.61 Å². The highest BCUT2D eigenvalue weighted by Gasteiger charge is 2.14. The van der Waals surface area contributed by atoms with Gasteiger partial charge in [0.05, 0.1) is 6.61 Å². The lowest BCUT2D eigenvalue weighted by molar-refractivity contribution is 0.0517. The molecule has 0 fully saturated rings. The monoisotopic (exact) mass is 513 g/mol. The number of carbonyl (C=O) groups excluding carboxylic acids is 2. The number of carbonyl (C=O) groups is 2. The molecule has 1 amide bonds. The number of hydrogen-bond donors (Lipinski definition) is 1. The van der Waals surface area contributed by atoms with Crippen molar-refractivity contribution >= 4 is 43.7 Å². The Balaban J connectivity index is 0.000000283. The third-order valence-corrected chi connectivity index (χ3v) is 4.51. The number of pyridine rings is 2. The largest absolute Gasteiger partial charge is 0.461 e. The van der Waals surface area contributed by atoms with E-state index in [4.69, 9.17) is 10.5 Å². The molecule has 8 heteroatoms. The quantitative estimate of drug-likeness (QED) is 0.420. The molecule has 6 nitrogen and oxygen atoms in total. The maximum atomic E-state index is 11.6. The van der Waals surface area contributed by atoms with Crippen LogP contribution in [0.15, 0.2) is 33.5 Å².